The van der Waals surface area contributed by atoms with Gasteiger partial charge in [0.15, 0.2) is 11.5 Å². The molecule has 3 rings (SSSR count). The van der Waals surface area contributed by atoms with Gasteiger partial charge in [0.05, 0.1) is 11.4 Å². The summed E-state index contributed by atoms with van der Waals surface area (Å²) in [6.07, 6.45) is 3.32. The number of carbonyl (C=O) groups is 1. The number of aromatic nitrogens is 1. The van der Waals surface area contributed by atoms with Gasteiger partial charge in [-0.3, -0.25) is 14.7 Å². The number of hydrogen-bond donors (Lipinski definition) is 1. The third kappa shape index (κ3) is 2.53. The molecule has 5 nitrogen and oxygen atoms in total. The average Bonchev–Trinajstić information content (AvgIpc) is 2.49. The zero-order valence-electron chi connectivity index (χ0n) is 12.5. The van der Waals surface area contributed by atoms with Crippen LogP contribution in [0.4, 0.5) is 11.4 Å². The minimum absolute atomic E-state index is 0.00547. The minimum Gasteiger partial charge on any atom is -0.449 e. The van der Waals surface area contributed by atoms with Crippen LogP contribution >= 0.6 is 0 Å². The van der Waals surface area contributed by atoms with Crippen molar-refractivity contribution in [3.63, 3.8) is 0 Å². The molecule has 0 aliphatic carbocycles. The summed E-state index contributed by atoms with van der Waals surface area (Å²) in [6, 6.07) is 10.8. The van der Waals surface area contributed by atoms with Gasteiger partial charge in [-0.2, -0.15) is 0 Å². The number of rotatable bonds is 2. The fourth-order valence-electron chi connectivity index (χ4n) is 2.40. The van der Waals surface area contributed by atoms with Crippen molar-refractivity contribution < 1.29 is 9.53 Å². The fourth-order valence-corrected chi connectivity index (χ4v) is 2.40. The van der Waals surface area contributed by atoms with Crippen LogP contribution in [0.15, 0.2) is 48.4 Å². The van der Waals surface area contributed by atoms with E-state index in [0.717, 1.165) is 5.69 Å². The molecule has 1 aromatic carbocycles. The molecule has 1 aliphatic rings. The highest BCUT2D eigenvalue weighted by Gasteiger charge is 2.32. The van der Waals surface area contributed by atoms with E-state index in [-0.39, 0.29) is 17.7 Å². The van der Waals surface area contributed by atoms with E-state index in [0.29, 0.717) is 17.1 Å². The molecule has 0 spiro atoms. The largest absolute Gasteiger partial charge is 0.449 e. The molecular weight excluding hydrogens is 278 g/mol. The first kappa shape index (κ1) is 14.1. The predicted molar refractivity (Wildman–Crippen MR) is 86.3 cm³/mol. The SMILES string of the molecule is CC(C)N1C(=O)/C(=C\c2ccccn2)Oc2cc(N)ccc21. The topological polar surface area (TPSA) is 68.5 Å². The maximum absolute atomic E-state index is 12.7. The van der Waals surface area contributed by atoms with E-state index in [4.69, 9.17) is 10.5 Å². The first-order chi connectivity index (χ1) is 10.6. The number of nitrogens with two attached hydrogens (primary N) is 1. The molecule has 0 bridgehead atoms. The highest BCUT2D eigenvalue weighted by molar-refractivity contribution is 6.10. The molecule has 1 aromatic heterocycles. The molecule has 2 N–H and O–H groups in total. The van der Waals surface area contributed by atoms with Crippen molar-refractivity contribution in [2.75, 3.05) is 10.6 Å². The molecule has 0 radical (unpaired) electrons. The van der Waals surface area contributed by atoms with E-state index in [1.54, 1.807) is 35.4 Å². The summed E-state index contributed by atoms with van der Waals surface area (Å²) in [5.74, 6) is 0.638. The lowest BCUT2D eigenvalue weighted by Gasteiger charge is -2.33. The van der Waals surface area contributed by atoms with Crippen LogP contribution in [0.2, 0.25) is 0 Å². The standard InChI is InChI=1S/C17H17N3O2/c1-11(2)20-14-7-6-12(18)9-15(14)22-16(17(20)21)10-13-5-3-4-8-19-13/h3-11H,18H2,1-2H3/b16-10+. The Bertz CT molecular complexity index is 739. The lowest BCUT2D eigenvalue weighted by atomic mass is 10.1. The maximum atomic E-state index is 12.7. The number of carbonyl (C=O) groups excluding carboxylic acids is 1. The predicted octanol–water partition coefficient (Wildman–Crippen LogP) is 2.84. The molecule has 1 amide bonds. The monoisotopic (exact) mass is 295 g/mol. The molecule has 5 heteroatoms. The Morgan fingerprint density at radius 1 is 1.27 bits per heavy atom. The highest BCUT2D eigenvalue weighted by atomic mass is 16.5. The summed E-state index contributed by atoms with van der Waals surface area (Å²) in [5, 5.41) is 0. The van der Waals surface area contributed by atoms with E-state index in [1.165, 1.54) is 0 Å². The maximum Gasteiger partial charge on any atom is 0.294 e. The van der Waals surface area contributed by atoms with Gasteiger partial charge in [-0.15, -0.1) is 0 Å². The number of fused-ring (bicyclic) bond motifs is 1. The third-order valence-electron chi connectivity index (χ3n) is 3.38. The highest BCUT2D eigenvalue weighted by Crippen LogP contribution is 2.38. The van der Waals surface area contributed by atoms with Crippen molar-refractivity contribution in [2.45, 2.75) is 19.9 Å². The van der Waals surface area contributed by atoms with Crippen LogP contribution in [0.25, 0.3) is 6.08 Å². The molecule has 1 aliphatic heterocycles. The summed E-state index contributed by atoms with van der Waals surface area (Å²) in [5.41, 5.74) is 7.81. The Morgan fingerprint density at radius 3 is 2.77 bits per heavy atom. The Labute approximate surface area is 129 Å². The molecular formula is C17H17N3O2. The van der Waals surface area contributed by atoms with E-state index in [2.05, 4.69) is 4.98 Å². The van der Waals surface area contributed by atoms with E-state index >= 15 is 0 Å². The number of hydrogen-bond acceptors (Lipinski definition) is 4. The summed E-state index contributed by atoms with van der Waals surface area (Å²) in [6.45, 7) is 3.92. The lowest BCUT2D eigenvalue weighted by Crippen LogP contribution is -2.42. The number of ether oxygens (including phenoxy) is 1. The summed E-state index contributed by atoms with van der Waals surface area (Å²) in [7, 11) is 0. The third-order valence-corrected chi connectivity index (χ3v) is 3.38. The Balaban J connectivity index is 2.08. The van der Waals surface area contributed by atoms with Crippen molar-refractivity contribution in [1.29, 1.82) is 0 Å². The molecule has 2 heterocycles. The molecule has 0 unspecified atom stereocenters. The average molecular weight is 295 g/mol. The van der Waals surface area contributed by atoms with Crippen LogP contribution in [-0.2, 0) is 4.79 Å². The van der Waals surface area contributed by atoms with Crippen molar-refractivity contribution in [3.8, 4) is 5.75 Å². The molecule has 2 aromatic rings. The van der Waals surface area contributed by atoms with Gasteiger partial charge in [-0.1, -0.05) is 6.07 Å². The van der Waals surface area contributed by atoms with Crippen molar-refractivity contribution in [3.05, 3.63) is 54.0 Å². The van der Waals surface area contributed by atoms with Crippen LogP contribution in [0, 0.1) is 0 Å². The van der Waals surface area contributed by atoms with Gasteiger partial charge >= 0.3 is 0 Å². The summed E-state index contributed by atoms with van der Waals surface area (Å²) in [4.78, 5) is 18.6. The van der Waals surface area contributed by atoms with E-state index in [9.17, 15) is 4.79 Å². The molecule has 0 fully saturated rings. The first-order valence-electron chi connectivity index (χ1n) is 7.10. The van der Waals surface area contributed by atoms with E-state index in [1.807, 2.05) is 32.0 Å². The number of amides is 1. The molecule has 22 heavy (non-hydrogen) atoms. The van der Waals surface area contributed by atoms with Crippen LogP contribution < -0.4 is 15.4 Å². The molecule has 0 saturated heterocycles. The Morgan fingerprint density at radius 2 is 2.09 bits per heavy atom. The van der Waals surface area contributed by atoms with Crippen LogP contribution in [-0.4, -0.2) is 16.9 Å². The van der Waals surface area contributed by atoms with Gasteiger partial charge in [0.25, 0.3) is 5.91 Å². The van der Waals surface area contributed by atoms with Gasteiger partial charge in [-0.05, 0) is 38.1 Å². The summed E-state index contributed by atoms with van der Waals surface area (Å²) >= 11 is 0. The second kappa shape index (κ2) is 5.52. The zero-order chi connectivity index (χ0) is 15.7. The Kier molecular flexibility index (Phi) is 3.55. The number of nitrogen functional groups attached to an aromatic ring is 1. The normalized spacial score (nSPS) is 15.9. The smallest absolute Gasteiger partial charge is 0.294 e. The first-order valence-corrected chi connectivity index (χ1v) is 7.10. The number of nitrogens with zero attached hydrogens (tertiary/aromatic N) is 2. The van der Waals surface area contributed by atoms with Crippen LogP contribution in [0.1, 0.15) is 19.5 Å². The van der Waals surface area contributed by atoms with Gasteiger partial charge in [0.2, 0.25) is 0 Å². The lowest BCUT2D eigenvalue weighted by molar-refractivity contribution is -0.117. The van der Waals surface area contributed by atoms with E-state index < -0.39 is 0 Å². The quantitative estimate of drug-likeness (QED) is 0.683. The number of benzene rings is 1. The summed E-state index contributed by atoms with van der Waals surface area (Å²) < 4.78 is 5.76. The molecule has 112 valence electrons. The second-order valence-corrected chi connectivity index (χ2v) is 5.36. The van der Waals surface area contributed by atoms with Gasteiger partial charge in [0, 0.05) is 30.1 Å². The zero-order valence-corrected chi connectivity index (χ0v) is 12.5. The molecule has 0 saturated carbocycles. The van der Waals surface area contributed by atoms with Crippen molar-refractivity contribution >= 4 is 23.4 Å². The van der Waals surface area contributed by atoms with Gasteiger partial charge in [0.1, 0.15) is 0 Å². The van der Waals surface area contributed by atoms with Gasteiger partial charge in [-0.25, -0.2) is 0 Å². The fraction of sp³-hybridized carbons (Fsp3) is 0.176. The van der Waals surface area contributed by atoms with Crippen molar-refractivity contribution in [2.24, 2.45) is 0 Å². The Hall–Kier alpha value is -2.82. The van der Waals surface area contributed by atoms with Crippen LogP contribution in [0.3, 0.4) is 0 Å². The number of anilines is 2. The van der Waals surface area contributed by atoms with Crippen LogP contribution in [0.5, 0.6) is 5.75 Å². The molecule has 0 atom stereocenters. The minimum atomic E-state index is -0.182. The van der Waals surface area contributed by atoms with Gasteiger partial charge < -0.3 is 10.5 Å². The van der Waals surface area contributed by atoms with Crippen molar-refractivity contribution in [1.82, 2.24) is 4.98 Å². The number of pyridine rings is 1. The second-order valence-electron chi connectivity index (χ2n) is 5.36.